The Morgan fingerprint density at radius 1 is 1.44 bits per heavy atom. The number of likely N-dealkylation sites (N-methyl/N-ethyl adjacent to an activating group) is 1. The number of hydrogen-bond donors (Lipinski definition) is 1. The molecule has 4 nitrogen and oxygen atoms in total. The molecule has 0 amide bonds. The van der Waals surface area contributed by atoms with Crippen LogP contribution in [0.4, 0.5) is 0 Å². The van der Waals surface area contributed by atoms with Gasteiger partial charge in [0.1, 0.15) is 12.2 Å². The Labute approximate surface area is 97.5 Å². The average molecular weight is 223 g/mol. The molecule has 0 aromatic carbocycles. The number of amidine groups is 1. The van der Waals surface area contributed by atoms with E-state index in [2.05, 4.69) is 9.89 Å². The van der Waals surface area contributed by atoms with Gasteiger partial charge in [-0.05, 0) is 32.3 Å². The first-order valence-corrected chi connectivity index (χ1v) is 5.71. The van der Waals surface area contributed by atoms with Gasteiger partial charge in [-0.25, -0.2) is 4.99 Å². The predicted octanol–water partition coefficient (Wildman–Crippen LogP) is 2.07. The standard InChI is InChI=1S/C12H21N3O/c1-4-10(2)12(14-9-13)15(3)11-5-7-16-8-6-11/h4,9,11,13H,5-8H2,1-3H3/b10-4+,13-9?,14-12?. The van der Waals surface area contributed by atoms with Crippen molar-refractivity contribution in [2.24, 2.45) is 4.99 Å². The number of nitrogens with one attached hydrogen (secondary N) is 1. The zero-order valence-corrected chi connectivity index (χ0v) is 10.4. The highest BCUT2D eigenvalue weighted by Gasteiger charge is 2.21. The maximum atomic E-state index is 7.12. The lowest BCUT2D eigenvalue weighted by Gasteiger charge is -2.33. The van der Waals surface area contributed by atoms with Crippen LogP contribution in [0.25, 0.3) is 0 Å². The zero-order chi connectivity index (χ0) is 12.0. The molecule has 0 aliphatic carbocycles. The van der Waals surface area contributed by atoms with Gasteiger partial charge in [0.05, 0.1) is 0 Å². The number of nitrogens with zero attached hydrogens (tertiary/aromatic N) is 2. The monoisotopic (exact) mass is 223 g/mol. The molecule has 0 bridgehead atoms. The van der Waals surface area contributed by atoms with Crippen molar-refractivity contribution in [2.75, 3.05) is 20.3 Å². The Morgan fingerprint density at radius 3 is 2.56 bits per heavy atom. The lowest BCUT2D eigenvalue weighted by Crippen LogP contribution is -2.41. The van der Waals surface area contributed by atoms with Crippen LogP contribution in [0.15, 0.2) is 16.6 Å². The van der Waals surface area contributed by atoms with Gasteiger partial charge in [0.2, 0.25) is 0 Å². The molecule has 16 heavy (non-hydrogen) atoms. The largest absolute Gasteiger partial charge is 0.381 e. The molecule has 0 radical (unpaired) electrons. The lowest BCUT2D eigenvalue weighted by molar-refractivity contribution is 0.0606. The topological polar surface area (TPSA) is 48.7 Å². The molecule has 4 heteroatoms. The van der Waals surface area contributed by atoms with E-state index in [-0.39, 0.29) is 0 Å². The average Bonchev–Trinajstić information content (AvgIpc) is 2.35. The number of aliphatic imine (C=N–C) groups is 1. The van der Waals surface area contributed by atoms with Gasteiger partial charge in [-0.2, -0.15) is 0 Å². The Bertz CT molecular complexity index is 291. The SMILES string of the molecule is C/C=C(\C)C(=NC=N)N(C)C1CCOCC1. The van der Waals surface area contributed by atoms with Crippen molar-refractivity contribution >= 4 is 12.2 Å². The van der Waals surface area contributed by atoms with Crippen LogP contribution < -0.4 is 0 Å². The maximum absolute atomic E-state index is 7.12. The fourth-order valence-corrected chi connectivity index (χ4v) is 1.91. The normalized spacial score (nSPS) is 19.7. The van der Waals surface area contributed by atoms with Crippen LogP contribution in [0.2, 0.25) is 0 Å². The van der Waals surface area contributed by atoms with Gasteiger partial charge in [-0.3, -0.25) is 5.41 Å². The minimum Gasteiger partial charge on any atom is -0.381 e. The first-order valence-electron chi connectivity index (χ1n) is 5.71. The summed E-state index contributed by atoms with van der Waals surface area (Å²) >= 11 is 0. The molecule has 90 valence electrons. The van der Waals surface area contributed by atoms with Crippen LogP contribution in [0.3, 0.4) is 0 Å². The van der Waals surface area contributed by atoms with Gasteiger partial charge in [-0.15, -0.1) is 0 Å². The molecule has 0 aromatic rings. The fourth-order valence-electron chi connectivity index (χ4n) is 1.91. The zero-order valence-electron chi connectivity index (χ0n) is 10.4. The van der Waals surface area contributed by atoms with E-state index in [9.17, 15) is 0 Å². The van der Waals surface area contributed by atoms with E-state index in [1.807, 2.05) is 27.0 Å². The van der Waals surface area contributed by atoms with E-state index in [1.165, 1.54) is 0 Å². The number of allylic oxidation sites excluding steroid dienone is 1. The number of hydrogen-bond acceptors (Lipinski definition) is 2. The van der Waals surface area contributed by atoms with Gasteiger partial charge in [0.15, 0.2) is 0 Å². The minimum atomic E-state index is 0.474. The molecular formula is C12H21N3O. The molecule has 1 heterocycles. The molecule has 1 N–H and O–H groups in total. The van der Waals surface area contributed by atoms with Crippen LogP contribution in [0, 0.1) is 5.41 Å². The summed E-state index contributed by atoms with van der Waals surface area (Å²) in [6, 6.07) is 0.474. The molecule has 1 aliphatic rings. The lowest BCUT2D eigenvalue weighted by atomic mass is 10.1. The number of rotatable bonds is 3. The highest BCUT2D eigenvalue weighted by molar-refractivity contribution is 6.01. The third-order valence-corrected chi connectivity index (χ3v) is 3.05. The van der Waals surface area contributed by atoms with Gasteiger partial charge in [0, 0.05) is 26.3 Å². The first kappa shape index (κ1) is 12.9. The van der Waals surface area contributed by atoms with Crippen molar-refractivity contribution in [1.29, 1.82) is 5.41 Å². The van der Waals surface area contributed by atoms with Crippen LogP contribution in [-0.2, 0) is 4.74 Å². The predicted molar refractivity (Wildman–Crippen MR) is 67.3 cm³/mol. The fraction of sp³-hybridized carbons (Fsp3) is 0.667. The maximum Gasteiger partial charge on any atom is 0.132 e. The molecule has 1 saturated heterocycles. The Morgan fingerprint density at radius 2 is 2.06 bits per heavy atom. The molecule has 1 rings (SSSR count). The second-order valence-corrected chi connectivity index (χ2v) is 4.01. The van der Waals surface area contributed by atoms with Crippen LogP contribution in [-0.4, -0.2) is 43.4 Å². The molecule has 1 fully saturated rings. The van der Waals surface area contributed by atoms with E-state index < -0.39 is 0 Å². The summed E-state index contributed by atoms with van der Waals surface area (Å²) in [5.74, 6) is 0.893. The molecule has 0 aromatic heterocycles. The molecule has 0 unspecified atom stereocenters. The van der Waals surface area contributed by atoms with Gasteiger partial charge < -0.3 is 9.64 Å². The third-order valence-electron chi connectivity index (χ3n) is 3.05. The second kappa shape index (κ2) is 6.43. The highest BCUT2D eigenvalue weighted by atomic mass is 16.5. The number of ether oxygens (including phenoxy) is 1. The van der Waals surface area contributed by atoms with Crippen molar-refractivity contribution in [2.45, 2.75) is 32.7 Å². The summed E-state index contributed by atoms with van der Waals surface area (Å²) in [7, 11) is 2.05. The third kappa shape index (κ3) is 3.17. The molecule has 0 atom stereocenters. The molecule has 1 aliphatic heterocycles. The smallest absolute Gasteiger partial charge is 0.132 e. The van der Waals surface area contributed by atoms with E-state index in [0.717, 1.165) is 43.8 Å². The Kier molecular flexibility index (Phi) is 5.19. The van der Waals surface area contributed by atoms with Gasteiger partial charge in [0.25, 0.3) is 0 Å². The van der Waals surface area contributed by atoms with E-state index in [1.54, 1.807) is 0 Å². The van der Waals surface area contributed by atoms with Gasteiger partial charge >= 0.3 is 0 Å². The summed E-state index contributed by atoms with van der Waals surface area (Å²) in [6.45, 7) is 5.66. The first-order chi connectivity index (χ1) is 7.70. The van der Waals surface area contributed by atoms with Crippen molar-refractivity contribution in [3.8, 4) is 0 Å². The van der Waals surface area contributed by atoms with E-state index in [4.69, 9.17) is 10.1 Å². The molecule has 0 spiro atoms. The quantitative estimate of drug-likeness (QED) is 0.588. The van der Waals surface area contributed by atoms with Crippen molar-refractivity contribution in [1.82, 2.24) is 4.90 Å². The highest BCUT2D eigenvalue weighted by Crippen LogP contribution is 2.15. The molecular weight excluding hydrogens is 202 g/mol. The van der Waals surface area contributed by atoms with Crippen molar-refractivity contribution in [3.63, 3.8) is 0 Å². The van der Waals surface area contributed by atoms with Crippen molar-refractivity contribution in [3.05, 3.63) is 11.6 Å². The Hall–Kier alpha value is -1.16. The summed E-state index contributed by atoms with van der Waals surface area (Å²) in [6.07, 6.45) is 5.20. The summed E-state index contributed by atoms with van der Waals surface area (Å²) in [5, 5.41) is 7.12. The second-order valence-electron chi connectivity index (χ2n) is 4.01. The summed E-state index contributed by atoms with van der Waals surface area (Å²) < 4.78 is 5.35. The van der Waals surface area contributed by atoms with Crippen LogP contribution >= 0.6 is 0 Å². The Balaban J connectivity index is 2.77. The van der Waals surface area contributed by atoms with Crippen LogP contribution in [0.1, 0.15) is 26.7 Å². The van der Waals surface area contributed by atoms with E-state index >= 15 is 0 Å². The molecule has 0 saturated carbocycles. The van der Waals surface area contributed by atoms with Crippen molar-refractivity contribution < 1.29 is 4.74 Å². The minimum absolute atomic E-state index is 0.474. The van der Waals surface area contributed by atoms with Gasteiger partial charge in [-0.1, -0.05) is 6.08 Å². The summed E-state index contributed by atoms with van der Waals surface area (Å²) in [4.78, 5) is 6.31. The van der Waals surface area contributed by atoms with E-state index in [0.29, 0.717) is 6.04 Å². The summed E-state index contributed by atoms with van der Waals surface area (Å²) in [5.41, 5.74) is 1.11. The van der Waals surface area contributed by atoms with Crippen LogP contribution in [0.5, 0.6) is 0 Å².